The molecule has 220 valence electrons. The first-order valence-electron chi connectivity index (χ1n) is 15.3. The number of methoxy groups -OCH3 is 1. The van der Waals surface area contributed by atoms with E-state index in [1.54, 1.807) is 7.11 Å². The van der Waals surface area contributed by atoms with Crippen molar-refractivity contribution in [3.63, 3.8) is 0 Å². The molecule has 0 aliphatic heterocycles. The molecule has 0 N–H and O–H groups in total. The van der Waals surface area contributed by atoms with Crippen molar-refractivity contribution in [2.24, 2.45) is 34.0 Å². The lowest BCUT2D eigenvalue weighted by molar-refractivity contribution is -0.207. The molecule has 8 heteroatoms. The zero-order valence-corrected chi connectivity index (χ0v) is 29.7. The molecule has 0 aromatic carbocycles. The number of esters is 1. The van der Waals surface area contributed by atoms with Gasteiger partial charge in [0.1, 0.15) is 0 Å². The third-order valence-corrected chi connectivity index (χ3v) is 13.8. The van der Waals surface area contributed by atoms with E-state index in [9.17, 15) is 4.79 Å². The van der Waals surface area contributed by atoms with Gasteiger partial charge in [-0.1, -0.05) is 13.3 Å². The van der Waals surface area contributed by atoms with E-state index in [1.165, 1.54) is 25.7 Å². The van der Waals surface area contributed by atoms with E-state index in [2.05, 4.69) is 72.8 Å². The minimum atomic E-state index is -1.84. The monoisotopic (exact) mass is 582 g/mol. The third-order valence-electron chi connectivity index (χ3n) is 10.8. The van der Waals surface area contributed by atoms with Crippen LogP contribution in [0.1, 0.15) is 65.2 Å². The molecule has 0 saturated heterocycles. The van der Waals surface area contributed by atoms with Crippen LogP contribution < -0.4 is 0 Å². The number of carbonyl (C=O) groups is 1. The summed E-state index contributed by atoms with van der Waals surface area (Å²) in [5.41, 5.74) is -0.456. The van der Waals surface area contributed by atoms with Gasteiger partial charge in [0.05, 0.1) is 30.8 Å². The third kappa shape index (κ3) is 5.44. The number of rotatable bonds is 8. The molecule has 2 unspecified atom stereocenters. The molecule has 2 bridgehead atoms. The molecule has 8 atom stereocenters. The van der Waals surface area contributed by atoms with Crippen molar-refractivity contribution in [2.75, 3.05) is 13.7 Å². The van der Waals surface area contributed by atoms with Crippen LogP contribution in [0.15, 0.2) is 0 Å². The molecule has 0 heterocycles. The number of fused-ring (bicyclic) bond motifs is 3. The van der Waals surface area contributed by atoms with Gasteiger partial charge in [0.2, 0.25) is 0 Å². The first-order valence-corrected chi connectivity index (χ1v) is 25.5. The lowest BCUT2D eigenvalue weighted by Crippen LogP contribution is -2.64. The summed E-state index contributed by atoms with van der Waals surface area (Å²) in [5, 5.41) is 0. The molecule has 4 saturated carbocycles. The highest BCUT2D eigenvalue weighted by Crippen LogP contribution is 2.74. The van der Waals surface area contributed by atoms with Gasteiger partial charge >= 0.3 is 5.97 Å². The summed E-state index contributed by atoms with van der Waals surface area (Å²) in [6, 6.07) is 0. The summed E-state index contributed by atoms with van der Waals surface area (Å²) in [4.78, 5) is 13.4. The van der Waals surface area contributed by atoms with Gasteiger partial charge in [0.25, 0.3) is 0 Å². The maximum atomic E-state index is 13.4. The Morgan fingerprint density at radius 1 is 0.868 bits per heavy atom. The van der Waals surface area contributed by atoms with Crippen molar-refractivity contribution in [2.45, 2.75) is 136 Å². The maximum Gasteiger partial charge on any atom is 0.311 e. The van der Waals surface area contributed by atoms with Crippen LogP contribution in [0.3, 0.4) is 0 Å². The van der Waals surface area contributed by atoms with E-state index in [0.29, 0.717) is 11.8 Å². The standard InChI is InChI=1S/C30H58O5Si3/c1-27-16-13-17-28(2,26(31)32-3)24(27)18-25(34-37(7,8)9)29-19-22(14-15-23(27)29)30(20-29,35-38(10,11)12)21-33-36(4,5)6/h22-25H,13-21H2,1-12H3/t22-,23?,24?,25+,27+,28-,29-,30+/m1/s1. The molecule has 4 fully saturated rings. The highest BCUT2D eigenvalue weighted by atomic mass is 28.4. The summed E-state index contributed by atoms with van der Waals surface area (Å²) in [5.74, 6) is 1.33. The van der Waals surface area contributed by atoms with Crippen molar-refractivity contribution in [3.05, 3.63) is 0 Å². The minimum absolute atomic E-state index is 0.0174. The molecular weight excluding hydrogens is 525 g/mol. The number of ether oxygens (including phenoxy) is 1. The van der Waals surface area contributed by atoms with E-state index >= 15 is 0 Å². The Morgan fingerprint density at radius 3 is 2.08 bits per heavy atom. The molecule has 1 spiro atoms. The van der Waals surface area contributed by atoms with Crippen molar-refractivity contribution in [1.82, 2.24) is 0 Å². The van der Waals surface area contributed by atoms with Crippen LogP contribution in [0.25, 0.3) is 0 Å². The van der Waals surface area contributed by atoms with E-state index in [4.69, 9.17) is 18.0 Å². The second-order valence-corrected chi connectivity index (χ2v) is 30.3. The fraction of sp³-hybridized carbons (Fsp3) is 0.967. The Balaban J connectivity index is 1.83. The first kappa shape index (κ1) is 30.9. The fourth-order valence-corrected chi connectivity index (χ4v) is 13.2. The van der Waals surface area contributed by atoms with Crippen molar-refractivity contribution in [1.29, 1.82) is 0 Å². The van der Waals surface area contributed by atoms with Gasteiger partial charge < -0.3 is 18.0 Å². The zero-order chi connectivity index (χ0) is 28.6. The van der Waals surface area contributed by atoms with Gasteiger partial charge in [-0.25, -0.2) is 0 Å². The van der Waals surface area contributed by atoms with Crippen LogP contribution in [0.5, 0.6) is 0 Å². The predicted octanol–water partition coefficient (Wildman–Crippen LogP) is 7.84. The molecule has 5 nitrogen and oxygen atoms in total. The quantitative estimate of drug-likeness (QED) is 0.215. The van der Waals surface area contributed by atoms with Crippen LogP contribution in [-0.2, 0) is 22.8 Å². The van der Waals surface area contributed by atoms with E-state index in [1.807, 2.05) is 0 Å². The van der Waals surface area contributed by atoms with Crippen LogP contribution in [0.2, 0.25) is 58.9 Å². The molecule has 4 aliphatic rings. The van der Waals surface area contributed by atoms with Gasteiger partial charge in [-0.05, 0) is 134 Å². The average molecular weight is 583 g/mol. The Morgan fingerprint density at radius 2 is 1.53 bits per heavy atom. The van der Waals surface area contributed by atoms with E-state index in [-0.39, 0.29) is 34.4 Å². The van der Waals surface area contributed by atoms with Crippen LogP contribution in [-0.4, -0.2) is 56.3 Å². The number of carbonyl (C=O) groups excluding carboxylic acids is 1. The highest BCUT2D eigenvalue weighted by Gasteiger charge is 2.72. The Kier molecular flexibility index (Phi) is 7.97. The normalized spacial score (nSPS) is 43.4. The molecular formula is C30H58O5Si3. The molecule has 0 aromatic heterocycles. The number of hydrogen-bond donors (Lipinski definition) is 0. The van der Waals surface area contributed by atoms with Crippen molar-refractivity contribution >= 4 is 30.9 Å². The number of hydrogen-bond acceptors (Lipinski definition) is 5. The molecule has 38 heavy (non-hydrogen) atoms. The van der Waals surface area contributed by atoms with Crippen LogP contribution >= 0.6 is 0 Å². The Hall–Kier alpha value is 0.000649. The largest absolute Gasteiger partial charge is 0.469 e. The van der Waals surface area contributed by atoms with Crippen molar-refractivity contribution < 1.29 is 22.8 Å². The smallest absolute Gasteiger partial charge is 0.311 e. The molecule has 4 rings (SSSR count). The van der Waals surface area contributed by atoms with E-state index in [0.717, 1.165) is 32.3 Å². The lowest BCUT2D eigenvalue weighted by atomic mass is 9.40. The minimum Gasteiger partial charge on any atom is -0.469 e. The van der Waals surface area contributed by atoms with Crippen LogP contribution in [0, 0.1) is 34.0 Å². The fourth-order valence-electron chi connectivity index (χ4n) is 9.80. The van der Waals surface area contributed by atoms with E-state index < -0.39 is 30.4 Å². The summed E-state index contributed by atoms with van der Waals surface area (Å²) in [6.45, 7) is 26.4. The summed E-state index contributed by atoms with van der Waals surface area (Å²) >= 11 is 0. The maximum absolute atomic E-state index is 13.4. The van der Waals surface area contributed by atoms with Crippen molar-refractivity contribution in [3.8, 4) is 0 Å². The highest BCUT2D eigenvalue weighted by molar-refractivity contribution is 6.70. The summed E-state index contributed by atoms with van der Waals surface area (Å²) < 4.78 is 26.8. The van der Waals surface area contributed by atoms with Gasteiger partial charge in [-0.15, -0.1) is 0 Å². The second kappa shape index (κ2) is 9.79. The van der Waals surface area contributed by atoms with Gasteiger partial charge in [-0.2, -0.15) is 0 Å². The SMILES string of the molecule is COC(=O)[C@]1(C)CCC[C@@]2(C)C3CC[C@@H]4C[C@]3(C[C@@]4(CO[Si](C)(C)C)O[Si](C)(C)C)[C@@H](O[Si](C)(C)C)CC21. The lowest BCUT2D eigenvalue weighted by Gasteiger charge is -2.66. The Bertz CT molecular complexity index is 907. The van der Waals surface area contributed by atoms with Gasteiger partial charge in [0.15, 0.2) is 25.0 Å². The zero-order valence-electron chi connectivity index (χ0n) is 26.7. The van der Waals surface area contributed by atoms with Gasteiger partial charge in [0, 0.05) is 5.41 Å². The second-order valence-electron chi connectivity index (χ2n) is 16.9. The Labute approximate surface area is 236 Å². The first-order chi connectivity index (χ1) is 17.2. The summed E-state index contributed by atoms with van der Waals surface area (Å²) in [6.07, 6.45) is 9.01. The van der Waals surface area contributed by atoms with Gasteiger partial charge in [-0.3, -0.25) is 4.79 Å². The molecule has 0 amide bonds. The molecule has 4 aliphatic carbocycles. The topological polar surface area (TPSA) is 54.0 Å². The molecule has 0 radical (unpaired) electrons. The average Bonchev–Trinajstić information content (AvgIpc) is 2.98. The predicted molar refractivity (Wildman–Crippen MR) is 163 cm³/mol. The summed E-state index contributed by atoms with van der Waals surface area (Å²) in [7, 11) is -3.82. The molecule has 0 aromatic rings. The van der Waals surface area contributed by atoms with Crippen LogP contribution in [0.4, 0.5) is 0 Å².